The minimum Gasteiger partial charge on any atom is -0.328 e. The summed E-state index contributed by atoms with van der Waals surface area (Å²) in [5, 5.41) is 0. The second kappa shape index (κ2) is 4.76. The maximum Gasteiger partial charge on any atom is 0.00363 e. The molecule has 1 unspecified atom stereocenters. The van der Waals surface area contributed by atoms with E-state index >= 15 is 0 Å². The van der Waals surface area contributed by atoms with Gasteiger partial charge in [0.15, 0.2) is 0 Å². The highest BCUT2D eigenvalue weighted by Gasteiger charge is 2.15. The molecule has 0 aromatic heterocycles. The van der Waals surface area contributed by atoms with E-state index in [1.807, 2.05) is 0 Å². The Morgan fingerprint density at radius 2 is 2.00 bits per heavy atom. The molecule has 1 aliphatic carbocycles. The summed E-state index contributed by atoms with van der Waals surface area (Å²) >= 11 is 0. The van der Waals surface area contributed by atoms with Gasteiger partial charge in [-0.05, 0) is 25.2 Å². The van der Waals surface area contributed by atoms with E-state index in [4.69, 9.17) is 5.73 Å². The quantitative estimate of drug-likeness (QED) is 0.663. The van der Waals surface area contributed by atoms with Crippen LogP contribution in [0.1, 0.15) is 51.9 Å². The standard InChI is InChI=1S/C10H21N/c1-2-10(11)8-7-9-5-3-4-6-9/h9-10H,2-8,11H2,1H3. The first-order valence-corrected chi connectivity index (χ1v) is 5.08. The lowest BCUT2D eigenvalue weighted by atomic mass is 9.98. The van der Waals surface area contributed by atoms with E-state index in [1.54, 1.807) is 0 Å². The normalized spacial score (nSPS) is 22.4. The lowest BCUT2D eigenvalue weighted by Crippen LogP contribution is -2.19. The molecule has 1 fully saturated rings. The summed E-state index contributed by atoms with van der Waals surface area (Å²) < 4.78 is 0. The molecule has 0 radical (unpaired) electrons. The summed E-state index contributed by atoms with van der Waals surface area (Å²) in [6, 6.07) is 0.468. The molecule has 0 spiro atoms. The first-order chi connectivity index (χ1) is 5.33. The predicted octanol–water partition coefficient (Wildman–Crippen LogP) is 2.69. The molecule has 0 saturated heterocycles. The van der Waals surface area contributed by atoms with Gasteiger partial charge in [0.25, 0.3) is 0 Å². The molecule has 0 bridgehead atoms. The minimum atomic E-state index is 0.468. The van der Waals surface area contributed by atoms with E-state index in [2.05, 4.69) is 6.92 Å². The Balaban J connectivity index is 2.01. The van der Waals surface area contributed by atoms with Crippen molar-refractivity contribution in [3.8, 4) is 0 Å². The van der Waals surface area contributed by atoms with Crippen molar-refractivity contribution in [1.82, 2.24) is 0 Å². The fourth-order valence-corrected chi connectivity index (χ4v) is 1.95. The zero-order valence-electron chi connectivity index (χ0n) is 7.68. The van der Waals surface area contributed by atoms with Gasteiger partial charge in [0, 0.05) is 6.04 Å². The minimum absolute atomic E-state index is 0.468. The highest BCUT2D eigenvalue weighted by molar-refractivity contribution is 4.69. The Labute approximate surface area is 70.4 Å². The van der Waals surface area contributed by atoms with Crippen LogP contribution in [0.5, 0.6) is 0 Å². The Morgan fingerprint density at radius 3 is 2.55 bits per heavy atom. The SMILES string of the molecule is CCC(N)CCC1CCCC1. The van der Waals surface area contributed by atoms with Gasteiger partial charge in [-0.2, -0.15) is 0 Å². The topological polar surface area (TPSA) is 26.0 Å². The molecule has 0 aromatic carbocycles. The maximum atomic E-state index is 5.85. The summed E-state index contributed by atoms with van der Waals surface area (Å²) in [6.07, 6.45) is 9.65. The van der Waals surface area contributed by atoms with Crippen molar-refractivity contribution in [3.05, 3.63) is 0 Å². The zero-order chi connectivity index (χ0) is 8.10. The van der Waals surface area contributed by atoms with Gasteiger partial charge in [-0.3, -0.25) is 0 Å². The van der Waals surface area contributed by atoms with Gasteiger partial charge in [-0.25, -0.2) is 0 Å². The summed E-state index contributed by atoms with van der Waals surface area (Å²) in [7, 11) is 0. The van der Waals surface area contributed by atoms with Crippen LogP contribution < -0.4 is 5.73 Å². The maximum absolute atomic E-state index is 5.85. The van der Waals surface area contributed by atoms with Gasteiger partial charge in [0.2, 0.25) is 0 Å². The van der Waals surface area contributed by atoms with Crippen LogP contribution in [-0.2, 0) is 0 Å². The molecule has 1 heteroatoms. The van der Waals surface area contributed by atoms with Crippen molar-refractivity contribution >= 4 is 0 Å². The first-order valence-electron chi connectivity index (χ1n) is 5.08. The molecule has 1 aliphatic rings. The van der Waals surface area contributed by atoms with Crippen LogP contribution in [-0.4, -0.2) is 6.04 Å². The van der Waals surface area contributed by atoms with Crippen molar-refractivity contribution in [2.75, 3.05) is 0 Å². The Morgan fingerprint density at radius 1 is 1.36 bits per heavy atom. The lowest BCUT2D eigenvalue weighted by Gasteiger charge is -2.12. The van der Waals surface area contributed by atoms with Crippen LogP contribution in [0, 0.1) is 5.92 Å². The number of hydrogen-bond acceptors (Lipinski definition) is 1. The van der Waals surface area contributed by atoms with Gasteiger partial charge in [-0.1, -0.05) is 32.6 Å². The first kappa shape index (κ1) is 9.05. The van der Waals surface area contributed by atoms with Crippen molar-refractivity contribution in [2.45, 2.75) is 57.9 Å². The third-order valence-electron chi connectivity index (χ3n) is 2.94. The van der Waals surface area contributed by atoms with Gasteiger partial charge in [0.1, 0.15) is 0 Å². The van der Waals surface area contributed by atoms with Gasteiger partial charge >= 0.3 is 0 Å². The average molecular weight is 155 g/mol. The van der Waals surface area contributed by atoms with Crippen LogP contribution in [0.15, 0.2) is 0 Å². The number of rotatable bonds is 4. The molecule has 1 atom stereocenters. The average Bonchev–Trinajstić information content (AvgIpc) is 2.52. The van der Waals surface area contributed by atoms with E-state index in [0.717, 1.165) is 12.3 Å². The summed E-state index contributed by atoms with van der Waals surface area (Å²) in [6.45, 7) is 2.18. The molecule has 0 amide bonds. The monoisotopic (exact) mass is 155 g/mol. The molecule has 1 rings (SSSR count). The zero-order valence-corrected chi connectivity index (χ0v) is 7.68. The van der Waals surface area contributed by atoms with Crippen LogP contribution in [0.3, 0.4) is 0 Å². The van der Waals surface area contributed by atoms with Crippen LogP contribution in [0.25, 0.3) is 0 Å². The molecule has 66 valence electrons. The van der Waals surface area contributed by atoms with E-state index in [-0.39, 0.29) is 0 Å². The fraction of sp³-hybridized carbons (Fsp3) is 1.00. The third-order valence-corrected chi connectivity index (χ3v) is 2.94. The van der Waals surface area contributed by atoms with Crippen molar-refractivity contribution in [2.24, 2.45) is 11.7 Å². The van der Waals surface area contributed by atoms with E-state index in [0.29, 0.717) is 6.04 Å². The lowest BCUT2D eigenvalue weighted by molar-refractivity contribution is 0.443. The Bertz CT molecular complexity index is 95.0. The molecule has 1 saturated carbocycles. The van der Waals surface area contributed by atoms with Crippen molar-refractivity contribution in [3.63, 3.8) is 0 Å². The summed E-state index contributed by atoms with van der Waals surface area (Å²) in [4.78, 5) is 0. The second-order valence-corrected chi connectivity index (χ2v) is 3.90. The highest BCUT2D eigenvalue weighted by Crippen LogP contribution is 2.28. The van der Waals surface area contributed by atoms with Crippen molar-refractivity contribution < 1.29 is 0 Å². The van der Waals surface area contributed by atoms with Gasteiger partial charge in [-0.15, -0.1) is 0 Å². The van der Waals surface area contributed by atoms with E-state index < -0.39 is 0 Å². The molecule has 0 aliphatic heterocycles. The highest BCUT2D eigenvalue weighted by atomic mass is 14.6. The summed E-state index contributed by atoms with van der Waals surface area (Å²) in [5.74, 6) is 1.02. The fourth-order valence-electron chi connectivity index (χ4n) is 1.95. The van der Waals surface area contributed by atoms with E-state index in [9.17, 15) is 0 Å². The van der Waals surface area contributed by atoms with Crippen molar-refractivity contribution in [1.29, 1.82) is 0 Å². The largest absolute Gasteiger partial charge is 0.328 e. The molecular formula is C10H21N. The molecule has 0 heterocycles. The molecule has 0 aromatic rings. The molecule has 2 N–H and O–H groups in total. The predicted molar refractivity (Wildman–Crippen MR) is 49.5 cm³/mol. The van der Waals surface area contributed by atoms with Crippen LogP contribution in [0.2, 0.25) is 0 Å². The number of nitrogens with two attached hydrogens (primary N) is 1. The Kier molecular flexibility index (Phi) is 3.92. The smallest absolute Gasteiger partial charge is 0.00363 e. The van der Waals surface area contributed by atoms with Crippen LogP contribution in [0.4, 0.5) is 0 Å². The van der Waals surface area contributed by atoms with E-state index in [1.165, 1.54) is 38.5 Å². The summed E-state index contributed by atoms with van der Waals surface area (Å²) in [5.41, 5.74) is 5.85. The second-order valence-electron chi connectivity index (χ2n) is 3.90. The van der Waals surface area contributed by atoms with Gasteiger partial charge in [0.05, 0.1) is 0 Å². The molecule has 1 nitrogen and oxygen atoms in total. The third kappa shape index (κ3) is 3.24. The van der Waals surface area contributed by atoms with Gasteiger partial charge < -0.3 is 5.73 Å². The Hall–Kier alpha value is -0.0400. The van der Waals surface area contributed by atoms with Crippen LogP contribution >= 0.6 is 0 Å². The molecule has 11 heavy (non-hydrogen) atoms. The molecular weight excluding hydrogens is 134 g/mol. The number of hydrogen-bond donors (Lipinski definition) is 1.